The lowest BCUT2D eigenvalue weighted by Crippen LogP contribution is -2.41. The molecule has 0 radical (unpaired) electrons. The number of rotatable bonds is 7. The van der Waals surface area contributed by atoms with Gasteiger partial charge >= 0.3 is 0 Å². The quantitative estimate of drug-likeness (QED) is 0.288. The molecule has 2 heterocycles. The number of nitrogens with zero attached hydrogens (tertiary/aromatic N) is 3. The van der Waals surface area contributed by atoms with Crippen LogP contribution in [0.5, 0.6) is 0 Å². The SMILES string of the molecule is CCC(C)(C)C(Br)C(=O)Cl.CCC(C)(C)C1C(=O)N(Cc2cccc(F)c2)CCc2cncn21. The summed E-state index contributed by atoms with van der Waals surface area (Å²) in [6.07, 6.45) is 6.19. The number of carbonyl (C=O) groups excluding carboxylic acids is 2. The average molecular weight is 557 g/mol. The van der Waals surface area contributed by atoms with E-state index in [9.17, 15) is 14.0 Å². The van der Waals surface area contributed by atoms with Crippen molar-refractivity contribution in [1.29, 1.82) is 0 Å². The van der Waals surface area contributed by atoms with Crippen molar-refractivity contribution in [2.24, 2.45) is 10.8 Å². The number of benzene rings is 1. The summed E-state index contributed by atoms with van der Waals surface area (Å²) in [5.41, 5.74) is 1.67. The van der Waals surface area contributed by atoms with Crippen LogP contribution >= 0.6 is 27.5 Å². The lowest BCUT2D eigenvalue weighted by molar-refractivity contribution is -0.138. The van der Waals surface area contributed by atoms with Gasteiger partial charge in [0.1, 0.15) is 11.9 Å². The minimum absolute atomic E-state index is 0.0428. The van der Waals surface area contributed by atoms with Crippen LogP contribution in [-0.4, -0.2) is 37.0 Å². The maximum absolute atomic E-state index is 13.5. The largest absolute Gasteiger partial charge is 0.336 e. The van der Waals surface area contributed by atoms with Gasteiger partial charge in [0.05, 0.1) is 11.2 Å². The van der Waals surface area contributed by atoms with Gasteiger partial charge in [-0.1, -0.05) is 69.6 Å². The second kappa shape index (κ2) is 11.8. The number of hydrogen-bond donors (Lipinski definition) is 0. The molecular formula is C26H36BrClFN3O2. The van der Waals surface area contributed by atoms with Crippen LogP contribution in [0.1, 0.15) is 71.7 Å². The standard InChI is InChI=1S/C19H24FN3O.C7H12BrClO/c1-4-19(2,3)17-18(24)22(9-8-16-11-21-13-23(16)17)12-14-6-5-7-15(20)10-14;1-4-7(2,3)5(8)6(9)10/h5-7,10-11,13,17H,4,8-9,12H2,1-3H3;5H,4H2,1-3H3. The van der Waals surface area contributed by atoms with Crippen molar-refractivity contribution in [1.82, 2.24) is 14.5 Å². The number of aromatic nitrogens is 2. The molecule has 0 saturated carbocycles. The molecule has 2 aromatic rings. The van der Waals surface area contributed by atoms with Gasteiger partial charge < -0.3 is 9.47 Å². The molecule has 0 N–H and O–H groups in total. The van der Waals surface area contributed by atoms with Gasteiger partial charge in [-0.3, -0.25) is 9.59 Å². The Morgan fingerprint density at radius 1 is 1.26 bits per heavy atom. The van der Waals surface area contributed by atoms with E-state index in [1.165, 1.54) is 12.1 Å². The van der Waals surface area contributed by atoms with E-state index >= 15 is 0 Å². The smallest absolute Gasteiger partial charge is 0.246 e. The molecule has 2 unspecified atom stereocenters. The minimum Gasteiger partial charge on any atom is -0.336 e. The first-order chi connectivity index (χ1) is 15.8. The molecule has 1 aromatic carbocycles. The maximum atomic E-state index is 13.5. The van der Waals surface area contributed by atoms with Crippen molar-refractivity contribution in [3.8, 4) is 0 Å². The number of carbonyl (C=O) groups is 2. The van der Waals surface area contributed by atoms with E-state index in [2.05, 4.69) is 41.7 Å². The van der Waals surface area contributed by atoms with E-state index in [1.807, 2.05) is 42.5 Å². The van der Waals surface area contributed by atoms with Crippen LogP contribution in [0.4, 0.5) is 4.39 Å². The monoisotopic (exact) mass is 555 g/mol. The highest BCUT2D eigenvalue weighted by Gasteiger charge is 2.40. The molecule has 1 aromatic heterocycles. The fourth-order valence-electron chi connectivity index (χ4n) is 3.81. The predicted molar refractivity (Wildman–Crippen MR) is 139 cm³/mol. The van der Waals surface area contributed by atoms with Crippen molar-refractivity contribution >= 4 is 38.7 Å². The zero-order chi connectivity index (χ0) is 25.7. The Hall–Kier alpha value is -1.73. The van der Waals surface area contributed by atoms with E-state index < -0.39 is 0 Å². The average Bonchev–Trinajstić information content (AvgIpc) is 3.19. The van der Waals surface area contributed by atoms with Crippen molar-refractivity contribution < 1.29 is 14.0 Å². The molecule has 8 heteroatoms. The van der Waals surface area contributed by atoms with Crippen LogP contribution < -0.4 is 0 Å². The molecule has 188 valence electrons. The fraction of sp³-hybridized carbons (Fsp3) is 0.577. The molecule has 1 amide bonds. The predicted octanol–water partition coefficient (Wildman–Crippen LogP) is 6.54. The van der Waals surface area contributed by atoms with Gasteiger partial charge in [0, 0.05) is 31.4 Å². The van der Waals surface area contributed by atoms with Crippen LogP contribution in [0.3, 0.4) is 0 Å². The molecule has 0 saturated heterocycles. The van der Waals surface area contributed by atoms with Gasteiger partial charge in [-0.25, -0.2) is 9.37 Å². The summed E-state index contributed by atoms with van der Waals surface area (Å²) in [6, 6.07) is 6.20. The highest BCUT2D eigenvalue weighted by Crippen LogP contribution is 2.38. The van der Waals surface area contributed by atoms with Crippen LogP contribution in [0.25, 0.3) is 0 Å². The number of fused-ring (bicyclic) bond motifs is 1. The Labute approximate surface area is 216 Å². The van der Waals surface area contributed by atoms with E-state index in [-0.39, 0.29) is 38.7 Å². The molecule has 34 heavy (non-hydrogen) atoms. The molecule has 1 aliphatic heterocycles. The van der Waals surface area contributed by atoms with Crippen molar-refractivity contribution in [2.75, 3.05) is 6.54 Å². The first kappa shape index (κ1) is 28.5. The Kier molecular flexibility index (Phi) is 9.90. The van der Waals surface area contributed by atoms with E-state index in [1.54, 1.807) is 12.4 Å². The third-order valence-corrected chi connectivity index (χ3v) is 9.06. The highest BCUT2D eigenvalue weighted by atomic mass is 79.9. The van der Waals surface area contributed by atoms with Gasteiger partial charge in [0.15, 0.2) is 0 Å². The molecule has 3 rings (SSSR count). The molecule has 5 nitrogen and oxygen atoms in total. The van der Waals surface area contributed by atoms with E-state index in [0.29, 0.717) is 13.1 Å². The number of alkyl halides is 1. The number of hydrogen-bond acceptors (Lipinski definition) is 3. The van der Waals surface area contributed by atoms with Gasteiger partial charge in [-0.05, 0) is 53.0 Å². The van der Waals surface area contributed by atoms with Crippen LogP contribution in [-0.2, 0) is 22.6 Å². The summed E-state index contributed by atoms with van der Waals surface area (Å²) in [6.45, 7) is 13.4. The molecule has 0 aliphatic carbocycles. The minimum atomic E-state index is -0.313. The normalized spacial score (nSPS) is 17.4. The van der Waals surface area contributed by atoms with Gasteiger partial charge in [-0.15, -0.1) is 0 Å². The Morgan fingerprint density at radius 3 is 2.47 bits per heavy atom. The third-order valence-electron chi connectivity index (χ3n) is 6.92. The summed E-state index contributed by atoms with van der Waals surface area (Å²) in [5.74, 6) is -0.182. The molecule has 1 aliphatic rings. The van der Waals surface area contributed by atoms with Gasteiger partial charge in [0.25, 0.3) is 0 Å². The zero-order valence-corrected chi connectivity index (χ0v) is 23.3. The highest BCUT2D eigenvalue weighted by molar-refractivity contribution is 9.10. The Bertz CT molecular complexity index is 992. The number of halogens is 3. The second-order valence-electron chi connectivity index (χ2n) is 10.2. The summed E-state index contributed by atoms with van der Waals surface area (Å²) in [4.78, 5) is 29.8. The van der Waals surface area contributed by atoms with Crippen LogP contribution in [0, 0.1) is 16.6 Å². The van der Waals surface area contributed by atoms with E-state index in [0.717, 1.165) is 30.5 Å². The first-order valence-corrected chi connectivity index (χ1v) is 13.0. The van der Waals surface area contributed by atoms with Crippen molar-refractivity contribution in [2.45, 2.75) is 78.2 Å². The molecular weight excluding hydrogens is 521 g/mol. The summed E-state index contributed by atoms with van der Waals surface area (Å²) in [7, 11) is 0. The maximum Gasteiger partial charge on any atom is 0.246 e. The molecule has 0 fully saturated rings. The topological polar surface area (TPSA) is 55.2 Å². The Balaban J connectivity index is 0.000000347. The summed E-state index contributed by atoms with van der Waals surface area (Å²) >= 11 is 8.55. The van der Waals surface area contributed by atoms with E-state index in [4.69, 9.17) is 11.6 Å². The molecule has 0 bridgehead atoms. The van der Waals surface area contributed by atoms with Crippen molar-refractivity contribution in [3.05, 3.63) is 53.9 Å². The van der Waals surface area contributed by atoms with Crippen molar-refractivity contribution in [3.63, 3.8) is 0 Å². The summed E-state index contributed by atoms with van der Waals surface area (Å²) in [5, 5.41) is -0.313. The lowest BCUT2D eigenvalue weighted by Gasteiger charge is -2.35. The number of amides is 1. The Morgan fingerprint density at radius 2 is 1.94 bits per heavy atom. The fourth-order valence-corrected chi connectivity index (χ4v) is 4.43. The lowest BCUT2D eigenvalue weighted by atomic mass is 9.81. The summed E-state index contributed by atoms with van der Waals surface area (Å²) < 4.78 is 15.5. The zero-order valence-electron chi connectivity index (χ0n) is 20.9. The third kappa shape index (κ3) is 6.91. The number of imidazole rings is 1. The molecule has 0 spiro atoms. The van der Waals surface area contributed by atoms with Gasteiger partial charge in [-0.2, -0.15) is 0 Å². The van der Waals surface area contributed by atoms with Gasteiger partial charge in [0.2, 0.25) is 11.1 Å². The second-order valence-corrected chi connectivity index (χ2v) is 11.5. The van der Waals surface area contributed by atoms with Crippen LogP contribution in [0.15, 0.2) is 36.8 Å². The molecule has 2 atom stereocenters. The first-order valence-electron chi connectivity index (χ1n) is 11.7. The van der Waals surface area contributed by atoms with Crippen LogP contribution in [0.2, 0.25) is 0 Å².